The van der Waals surface area contributed by atoms with Gasteiger partial charge in [-0.15, -0.1) is 11.3 Å². The molecule has 4 spiro atoms. The summed E-state index contributed by atoms with van der Waals surface area (Å²) in [6, 6.07) is 58.4. The summed E-state index contributed by atoms with van der Waals surface area (Å²) in [7, 11) is 18.0. The number of rotatable bonds is 11. The Labute approximate surface area is 643 Å². The van der Waals surface area contributed by atoms with E-state index in [-0.39, 0.29) is 27.8 Å². The van der Waals surface area contributed by atoms with Crippen molar-refractivity contribution in [2.45, 2.75) is 256 Å². The lowest BCUT2D eigenvalue weighted by molar-refractivity contribution is 0.0509. The van der Waals surface area contributed by atoms with Crippen LogP contribution in [0, 0.1) is 5.82 Å². The fourth-order valence-electron chi connectivity index (χ4n) is 23.6. The minimum Gasteiger partial charge on any atom is -0.358 e. The molecule has 0 bridgehead atoms. The molecule has 0 radical (unpaired) electrons. The first-order valence-electron chi connectivity index (χ1n) is 41.9. The van der Waals surface area contributed by atoms with Gasteiger partial charge in [-0.1, -0.05) is 141 Å². The Bertz CT molecular complexity index is 4830. The average Bonchev–Trinajstić information content (AvgIpc) is 1.70. The van der Waals surface area contributed by atoms with E-state index in [2.05, 4.69) is 254 Å². The van der Waals surface area contributed by atoms with E-state index < -0.39 is 0 Å². The predicted molar refractivity (Wildman–Crippen MR) is 449 cm³/mol. The number of thiophene rings is 1. The van der Waals surface area contributed by atoms with E-state index in [1.165, 1.54) is 228 Å². The molecule has 564 valence electrons. The van der Waals surface area contributed by atoms with Gasteiger partial charge in [0, 0.05) is 110 Å². The maximum Gasteiger partial charge on any atom is 0.123 e. The summed E-state index contributed by atoms with van der Waals surface area (Å²) in [5, 5.41) is 8.05. The molecule has 5 heterocycles. The van der Waals surface area contributed by atoms with Gasteiger partial charge in [-0.3, -0.25) is 9.80 Å². The second-order valence-electron chi connectivity index (χ2n) is 36.0. The molecule has 10 heteroatoms. The summed E-state index contributed by atoms with van der Waals surface area (Å²) in [6.45, 7) is 2.32. The maximum atomic E-state index is 14.0. The van der Waals surface area contributed by atoms with Gasteiger partial charge in [0.25, 0.3) is 0 Å². The predicted octanol–water partition coefficient (Wildman–Crippen LogP) is 23.4. The van der Waals surface area contributed by atoms with Crippen molar-refractivity contribution in [2.75, 3.05) is 56.4 Å². The summed E-state index contributed by atoms with van der Waals surface area (Å²) in [5.74, 6) is -0.130. The quantitative estimate of drug-likeness (QED) is 0.104. The number of nitrogens with one attached hydrogen (secondary N) is 4. The fourth-order valence-corrected chi connectivity index (χ4v) is 24.7. The van der Waals surface area contributed by atoms with Crippen molar-refractivity contribution >= 4 is 54.9 Å². The largest absolute Gasteiger partial charge is 0.358 e. The summed E-state index contributed by atoms with van der Waals surface area (Å²) in [4.78, 5) is 26.8. The van der Waals surface area contributed by atoms with Gasteiger partial charge in [0.05, 0.1) is 5.54 Å². The van der Waals surface area contributed by atoms with Crippen LogP contribution in [0.2, 0.25) is 0 Å². The summed E-state index contributed by atoms with van der Waals surface area (Å²) >= 11 is 1.93. The smallest absolute Gasteiger partial charge is 0.123 e. The Balaban J connectivity index is 0.000000109. The minimum absolute atomic E-state index is 0.0724. The number of nitrogens with zero attached hydrogens (tertiary/aromatic N) is 4. The van der Waals surface area contributed by atoms with Crippen LogP contribution in [0.15, 0.2) is 169 Å². The van der Waals surface area contributed by atoms with Crippen molar-refractivity contribution in [1.29, 1.82) is 0 Å². The Morgan fingerprint density at radius 3 is 1.07 bits per heavy atom. The maximum absolute atomic E-state index is 14.0. The molecule has 0 unspecified atom stereocenters. The van der Waals surface area contributed by atoms with Crippen molar-refractivity contribution in [3.8, 4) is 0 Å². The van der Waals surface area contributed by atoms with E-state index in [0.717, 1.165) is 37.7 Å². The molecule has 4 fully saturated rings. The van der Waals surface area contributed by atoms with Crippen molar-refractivity contribution in [1.82, 2.24) is 39.5 Å². The van der Waals surface area contributed by atoms with Crippen LogP contribution in [0.3, 0.4) is 0 Å². The number of para-hydroxylation sites is 4. The third-order valence-corrected chi connectivity index (χ3v) is 31.4. The van der Waals surface area contributed by atoms with E-state index in [4.69, 9.17) is 0 Å². The first-order chi connectivity index (χ1) is 51.9. The van der Waals surface area contributed by atoms with Crippen LogP contribution < -0.4 is 0 Å². The minimum atomic E-state index is -0.130. The van der Waals surface area contributed by atoms with Crippen LogP contribution in [0.4, 0.5) is 4.39 Å². The highest BCUT2D eigenvalue weighted by Crippen LogP contribution is 2.59. The van der Waals surface area contributed by atoms with Gasteiger partial charge in [0.1, 0.15) is 5.82 Å². The first-order valence-corrected chi connectivity index (χ1v) is 42.7. The normalized spacial score (nSPS) is 28.2. The third kappa shape index (κ3) is 13.3. The number of fused-ring (bicyclic) bond motifs is 16. The highest BCUT2D eigenvalue weighted by Gasteiger charge is 2.53. The zero-order valence-electron chi connectivity index (χ0n) is 66.4. The number of hydrogen-bond acceptors (Lipinski definition) is 5. The molecule has 8 nitrogen and oxygen atoms in total. The number of H-pyrrole nitrogens is 4. The Morgan fingerprint density at radius 1 is 0.355 bits per heavy atom. The van der Waals surface area contributed by atoms with Crippen LogP contribution in [-0.4, -0.2) is 107 Å². The second-order valence-corrected chi connectivity index (χ2v) is 36.9. The molecule has 4 N–H and O–H groups in total. The van der Waals surface area contributed by atoms with Crippen molar-refractivity contribution in [3.63, 3.8) is 0 Å². The zero-order valence-corrected chi connectivity index (χ0v) is 67.2. The lowest BCUT2D eigenvalue weighted by Gasteiger charge is -2.51. The van der Waals surface area contributed by atoms with Gasteiger partial charge in [0.15, 0.2) is 0 Å². The van der Waals surface area contributed by atoms with Crippen LogP contribution in [0.5, 0.6) is 0 Å². The Morgan fingerprint density at radius 2 is 0.720 bits per heavy atom. The van der Waals surface area contributed by atoms with E-state index in [1.807, 2.05) is 17.4 Å². The van der Waals surface area contributed by atoms with Gasteiger partial charge in [0.2, 0.25) is 0 Å². The molecule has 5 aromatic heterocycles. The van der Waals surface area contributed by atoms with E-state index in [1.54, 1.807) is 56.3 Å². The summed E-state index contributed by atoms with van der Waals surface area (Å²) < 4.78 is 14.0. The van der Waals surface area contributed by atoms with Crippen molar-refractivity contribution in [2.24, 2.45) is 0 Å². The number of unbranched alkanes of at least 4 members (excludes halogenated alkanes) is 1. The van der Waals surface area contributed by atoms with Gasteiger partial charge in [-0.25, -0.2) is 4.39 Å². The SMILES string of the molecule is CCCCC1(N(C)C)CCC2(CCCc3c2[nH]c2ccccc32)CC1.CN(C)C1(Cc2ccccc2)CCC2(CCCc3c2[nH]c2ccccc32)CC1.CN(C)C1(c2cccc(F)c2)CCC2(CCCc3c2[nH]c2ccccc32)CC1.CN(C)C1(c2cccs2)CCC2(CCCc3c2[nH]c2ccccc32)CC1. The molecule has 0 saturated heterocycles. The third-order valence-electron chi connectivity index (χ3n) is 30.4. The molecular formula is C97H123FN8S. The van der Waals surface area contributed by atoms with Crippen molar-refractivity contribution < 1.29 is 4.39 Å². The fraction of sp³-hybridized carbons (Fsp3) is 0.505. The molecule has 8 aliphatic rings. The van der Waals surface area contributed by atoms with Crippen LogP contribution in [-0.2, 0) is 64.8 Å². The molecular weight excluding hydrogens is 1330 g/mol. The highest BCUT2D eigenvalue weighted by molar-refractivity contribution is 7.10. The molecule has 4 saturated carbocycles. The van der Waals surface area contributed by atoms with E-state index >= 15 is 0 Å². The standard InChI is InChI=1S/C26H32N2.C25H29FN2.C23H28N2S.C23H34N2/c1-28(2)26(19-20-9-4-3-5-10-20)17-15-25(16-18-26)14-8-12-22-21-11-6-7-13-23(21)27-24(22)25;1-28(2)25(18-7-5-8-19(26)17-18)15-13-24(14-16-25)12-6-10-21-20-9-3-4-11-22(20)27-23(21)24;1-25(2)23(20-10-6-16-26-20)14-12-22(13-15-23)11-5-8-18-17-7-3-4-9-19(17)24-21(18)22;1-4-5-13-23(25(2)3)16-14-22(15-17-23)12-8-10-19-18-9-6-7-11-20(18)24-21(19)22/h3-7,9-11,13,27H,8,12,14-19H2,1-2H3;3-5,7-9,11,17,27H,6,10,12-16H2,1-2H3;3-4,6-7,9-10,16,24H,5,8,11-15H2,1-2H3;6-7,9,11,24H,4-5,8,10,12-17H2,1-3H3. The topological polar surface area (TPSA) is 76.1 Å². The first kappa shape index (κ1) is 74.1. The Kier molecular flexibility index (Phi) is 20.8. The number of hydrogen-bond donors (Lipinski definition) is 4. The average molecular weight is 1450 g/mol. The van der Waals surface area contributed by atoms with Crippen molar-refractivity contribution in [3.05, 3.63) is 236 Å². The van der Waals surface area contributed by atoms with E-state index in [0.29, 0.717) is 21.8 Å². The number of aryl methyl sites for hydroxylation is 4. The van der Waals surface area contributed by atoms with Crippen LogP contribution >= 0.6 is 11.3 Å². The van der Waals surface area contributed by atoms with Gasteiger partial charge in [-0.05, 0) is 330 Å². The molecule has 0 atom stereocenters. The second kappa shape index (κ2) is 30.0. The zero-order chi connectivity index (χ0) is 73.8. The molecule has 107 heavy (non-hydrogen) atoms. The molecule has 8 aliphatic carbocycles. The number of aromatic amines is 4. The Hall–Kier alpha value is -7.05. The van der Waals surface area contributed by atoms with Gasteiger partial charge < -0.3 is 29.7 Å². The molecule has 19 rings (SSSR count). The number of benzene rings is 6. The number of aromatic nitrogens is 4. The number of likely N-dealkylation sites (N-methyl/N-ethyl adjacent to an activating group) is 1. The highest BCUT2D eigenvalue weighted by atomic mass is 32.1. The summed E-state index contributed by atoms with van der Waals surface area (Å²) in [6.07, 6.45) is 40.9. The molecule has 0 amide bonds. The summed E-state index contributed by atoms with van der Waals surface area (Å²) in [5.41, 5.74) is 22.8. The van der Waals surface area contributed by atoms with Gasteiger partial charge in [-0.2, -0.15) is 0 Å². The number of halogens is 1. The molecule has 0 aliphatic heterocycles. The van der Waals surface area contributed by atoms with Crippen LogP contribution in [0.25, 0.3) is 43.6 Å². The van der Waals surface area contributed by atoms with Gasteiger partial charge >= 0.3 is 0 Å². The lowest BCUT2D eigenvalue weighted by atomic mass is 9.59. The molecule has 11 aromatic rings. The van der Waals surface area contributed by atoms with Crippen LogP contribution in [0.1, 0.15) is 241 Å². The monoisotopic (exact) mass is 1450 g/mol. The van der Waals surface area contributed by atoms with E-state index in [9.17, 15) is 4.39 Å². The molecule has 6 aromatic carbocycles. The lowest BCUT2D eigenvalue weighted by Crippen LogP contribution is -2.52.